The summed E-state index contributed by atoms with van der Waals surface area (Å²) in [6, 6.07) is 0. The molecule has 0 saturated heterocycles. The number of Topliss-reactive ketones (excluding diaryl/α,β-unsaturated/α-hetero) is 2. The highest BCUT2D eigenvalue weighted by molar-refractivity contribution is 5.98. The summed E-state index contributed by atoms with van der Waals surface area (Å²) in [6.07, 6.45) is 3.29. The summed E-state index contributed by atoms with van der Waals surface area (Å²) in [6.45, 7) is 4.25. The normalized spacial score (nSPS) is 10.7. The molecule has 0 bridgehead atoms. The number of unbranched alkanes of at least 4 members (excludes halogenated alkanes) is 2. The molecule has 0 aromatic rings. The summed E-state index contributed by atoms with van der Waals surface area (Å²) in [7, 11) is 0. The van der Waals surface area contributed by atoms with E-state index in [2.05, 4.69) is 17.2 Å². The van der Waals surface area contributed by atoms with Gasteiger partial charge in [-0.2, -0.15) is 10.2 Å². The summed E-state index contributed by atoms with van der Waals surface area (Å²) < 4.78 is 0. The van der Waals surface area contributed by atoms with Crippen LogP contribution in [0.5, 0.6) is 0 Å². The maximum Gasteiger partial charge on any atom is 0.163 e. The Morgan fingerprint density at radius 1 is 1.14 bits per heavy atom. The van der Waals surface area contributed by atoms with Crippen LogP contribution in [0.2, 0.25) is 0 Å². The van der Waals surface area contributed by atoms with Gasteiger partial charge in [-0.1, -0.05) is 19.8 Å². The monoisotopic (exact) mass is 198 g/mol. The average Bonchev–Trinajstić information content (AvgIpc) is 2.10. The van der Waals surface area contributed by atoms with Gasteiger partial charge in [0.05, 0.1) is 13.0 Å². The topological polar surface area (TPSA) is 58.9 Å². The number of nitrogens with zero attached hydrogens (tertiary/aromatic N) is 2. The second-order valence-electron chi connectivity index (χ2n) is 3.29. The van der Waals surface area contributed by atoms with E-state index in [1.54, 1.807) is 0 Å². The van der Waals surface area contributed by atoms with Crippen molar-refractivity contribution in [3.8, 4) is 0 Å². The van der Waals surface area contributed by atoms with Gasteiger partial charge in [0, 0.05) is 0 Å². The van der Waals surface area contributed by atoms with E-state index >= 15 is 0 Å². The molecule has 0 saturated carbocycles. The van der Waals surface area contributed by atoms with Crippen LogP contribution in [0.3, 0.4) is 0 Å². The second-order valence-corrected chi connectivity index (χ2v) is 3.29. The lowest BCUT2D eigenvalue weighted by Gasteiger charge is -1.92. The van der Waals surface area contributed by atoms with Gasteiger partial charge in [-0.05, 0) is 13.3 Å². The van der Waals surface area contributed by atoms with Crippen LogP contribution >= 0.6 is 0 Å². The molecule has 0 N–H and O–H groups in total. The fraction of sp³-hybridized carbons (Fsp3) is 0.800. The predicted octanol–water partition coefficient (Wildman–Crippen LogP) is 2.18. The van der Waals surface area contributed by atoms with Crippen LogP contribution in [0, 0.1) is 0 Å². The van der Waals surface area contributed by atoms with E-state index in [4.69, 9.17) is 0 Å². The minimum atomic E-state index is -0.156. The highest BCUT2D eigenvalue weighted by Crippen LogP contribution is 1.94. The quantitative estimate of drug-likeness (QED) is 0.341. The van der Waals surface area contributed by atoms with Gasteiger partial charge in [0.2, 0.25) is 0 Å². The Balaban J connectivity index is 3.41. The molecule has 0 spiro atoms. The third kappa shape index (κ3) is 9.03. The first-order valence-corrected chi connectivity index (χ1v) is 5.01. The Morgan fingerprint density at radius 3 is 2.43 bits per heavy atom. The number of carbonyl (C=O) groups is 2. The van der Waals surface area contributed by atoms with Gasteiger partial charge in [-0.3, -0.25) is 9.59 Å². The van der Waals surface area contributed by atoms with Crippen LogP contribution in [0.4, 0.5) is 0 Å². The van der Waals surface area contributed by atoms with Crippen LogP contribution in [-0.2, 0) is 9.59 Å². The van der Waals surface area contributed by atoms with E-state index in [1.807, 2.05) is 0 Å². The minimum absolute atomic E-state index is 0.0199. The minimum Gasteiger partial charge on any atom is -0.300 e. The molecule has 0 rings (SSSR count). The average molecular weight is 198 g/mol. The third-order valence-corrected chi connectivity index (χ3v) is 1.65. The smallest absolute Gasteiger partial charge is 0.163 e. The zero-order valence-electron chi connectivity index (χ0n) is 8.95. The highest BCUT2D eigenvalue weighted by Gasteiger charge is 2.03. The van der Waals surface area contributed by atoms with E-state index in [9.17, 15) is 9.59 Å². The van der Waals surface area contributed by atoms with Crippen LogP contribution < -0.4 is 0 Å². The first-order chi connectivity index (χ1) is 6.66. The maximum atomic E-state index is 11.0. The molecule has 4 heteroatoms. The molecule has 0 aliphatic carbocycles. The summed E-state index contributed by atoms with van der Waals surface area (Å²) in [5.41, 5.74) is 0. The van der Waals surface area contributed by atoms with Gasteiger partial charge in [-0.25, -0.2) is 0 Å². The van der Waals surface area contributed by atoms with Crippen LogP contribution in [0.1, 0.15) is 39.5 Å². The fourth-order valence-electron chi connectivity index (χ4n) is 0.966. The standard InChI is InChI=1S/C10H18N2O2/c1-3-4-5-6-11-12-8-10(14)7-9(2)13/h3-8H2,1-2H3. The highest BCUT2D eigenvalue weighted by atomic mass is 16.1. The Hall–Kier alpha value is -1.06. The maximum absolute atomic E-state index is 11.0. The fourth-order valence-corrected chi connectivity index (χ4v) is 0.966. The molecule has 0 fully saturated rings. The molecule has 0 aromatic heterocycles. The van der Waals surface area contributed by atoms with E-state index < -0.39 is 0 Å². The predicted molar refractivity (Wildman–Crippen MR) is 54.4 cm³/mol. The molecule has 0 heterocycles. The number of carbonyl (C=O) groups excluding carboxylic acids is 2. The molecule has 0 aliphatic rings. The molecule has 80 valence electrons. The zero-order chi connectivity index (χ0) is 10.8. The lowest BCUT2D eigenvalue weighted by atomic mass is 10.2. The van der Waals surface area contributed by atoms with Gasteiger partial charge >= 0.3 is 0 Å². The van der Waals surface area contributed by atoms with Gasteiger partial charge in [0.25, 0.3) is 0 Å². The molecule has 4 nitrogen and oxygen atoms in total. The molecule has 0 amide bonds. The lowest BCUT2D eigenvalue weighted by Crippen LogP contribution is -2.07. The van der Waals surface area contributed by atoms with Crippen molar-refractivity contribution in [2.75, 3.05) is 13.1 Å². The Kier molecular flexibility index (Phi) is 7.89. The van der Waals surface area contributed by atoms with Crippen molar-refractivity contribution >= 4 is 11.6 Å². The number of azo groups is 1. The molecular weight excluding hydrogens is 180 g/mol. The first kappa shape index (κ1) is 12.9. The number of ketones is 2. The Morgan fingerprint density at radius 2 is 1.86 bits per heavy atom. The van der Waals surface area contributed by atoms with Gasteiger partial charge in [-0.15, -0.1) is 0 Å². The van der Waals surface area contributed by atoms with Gasteiger partial charge < -0.3 is 0 Å². The van der Waals surface area contributed by atoms with E-state index in [0.717, 1.165) is 19.3 Å². The molecule has 14 heavy (non-hydrogen) atoms. The van der Waals surface area contributed by atoms with Crippen molar-refractivity contribution < 1.29 is 9.59 Å². The van der Waals surface area contributed by atoms with Crippen LogP contribution in [-0.4, -0.2) is 24.7 Å². The number of hydrogen-bond acceptors (Lipinski definition) is 4. The van der Waals surface area contributed by atoms with Crippen molar-refractivity contribution in [1.82, 2.24) is 0 Å². The third-order valence-electron chi connectivity index (χ3n) is 1.65. The van der Waals surface area contributed by atoms with Crippen molar-refractivity contribution in [1.29, 1.82) is 0 Å². The van der Waals surface area contributed by atoms with Crippen molar-refractivity contribution in [2.45, 2.75) is 39.5 Å². The number of hydrogen-bond donors (Lipinski definition) is 0. The molecular formula is C10H18N2O2. The van der Waals surface area contributed by atoms with Crippen LogP contribution in [0.25, 0.3) is 0 Å². The molecule has 0 aromatic carbocycles. The van der Waals surface area contributed by atoms with Crippen molar-refractivity contribution in [2.24, 2.45) is 10.2 Å². The molecule has 0 aliphatic heterocycles. The zero-order valence-corrected chi connectivity index (χ0v) is 8.95. The van der Waals surface area contributed by atoms with Crippen LogP contribution in [0.15, 0.2) is 10.2 Å². The largest absolute Gasteiger partial charge is 0.300 e. The molecule has 0 unspecified atom stereocenters. The van der Waals surface area contributed by atoms with E-state index in [-0.39, 0.29) is 24.5 Å². The van der Waals surface area contributed by atoms with E-state index in [0.29, 0.717) is 6.54 Å². The van der Waals surface area contributed by atoms with Crippen molar-refractivity contribution in [3.05, 3.63) is 0 Å². The molecule has 0 atom stereocenters. The van der Waals surface area contributed by atoms with Crippen molar-refractivity contribution in [3.63, 3.8) is 0 Å². The second kappa shape index (κ2) is 8.53. The Bertz CT molecular complexity index is 212. The van der Waals surface area contributed by atoms with Gasteiger partial charge in [0.15, 0.2) is 5.78 Å². The first-order valence-electron chi connectivity index (χ1n) is 5.01. The number of rotatable bonds is 8. The lowest BCUT2D eigenvalue weighted by molar-refractivity contribution is -0.125. The van der Waals surface area contributed by atoms with Gasteiger partial charge in [0.1, 0.15) is 12.3 Å². The summed E-state index contributed by atoms with van der Waals surface area (Å²) in [5.74, 6) is -0.270. The van der Waals surface area contributed by atoms with E-state index in [1.165, 1.54) is 6.92 Å². The summed E-state index contributed by atoms with van der Waals surface area (Å²) in [4.78, 5) is 21.5. The summed E-state index contributed by atoms with van der Waals surface area (Å²) in [5, 5.41) is 7.57. The Labute approximate surface area is 84.8 Å². The molecule has 0 radical (unpaired) electrons. The summed E-state index contributed by atoms with van der Waals surface area (Å²) >= 11 is 0. The SMILES string of the molecule is CCCCCN=NCC(=O)CC(C)=O.